The lowest BCUT2D eigenvalue weighted by Gasteiger charge is -2.24. The molecule has 0 atom stereocenters. The van der Waals surface area contributed by atoms with Crippen LogP contribution in [0.2, 0.25) is 0 Å². The van der Waals surface area contributed by atoms with E-state index in [9.17, 15) is 8.78 Å². The van der Waals surface area contributed by atoms with Crippen LogP contribution in [-0.2, 0) is 13.1 Å². The second kappa shape index (κ2) is 9.07. The summed E-state index contributed by atoms with van der Waals surface area (Å²) in [5.41, 5.74) is 8.59. The van der Waals surface area contributed by atoms with Crippen molar-refractivity contribution in [2.45, 2.75) is 26.4 Å². The molecule has 5 heterocycles. The van der Waals surface area contributed by atoms with Crippen molar-refractivity contribution < 1.29 is 8.78 Å². The lowest BCUT2D eigenvalue weighted by molar-refractivity contribution is 0.151. The van der Waals surface area contributed by atoms with Crippen LogP contribution in [0.25, 0.3) is 27.9 Å². The number of fused-ring (bicyclic) bond motifs is 2. The first-order valence-corrected chi connectivity index (χ1v) is 11.4. The lowest BCUT2D eigenvalue weighted by atomic mass is 9.95. The predicted octanol–water partition coefficient (Wildman–Crippen LogP) is 4.23. The van der Waals surface area contributed by atoms with E-state index in [1.807, 2.05) is 37.6 Å². The average molecular weight is 476 g/mol. The minimum Gasteiger partial charge on any atom is -0.379 e. The highest BCUT2D eigenvalue weighted by molar-refractivity contribution is 5.85. The molecular weight excluding hydrogens is 448 g/mol. The molecule has 1 N–H and O–H groups in total. The van der Waals surface area contributed by atoms with Gasteiger partial charge in [-0.1, -0.05) is 13.2 Å². The molecule has 4 aromatic heterocycles. The summed E-state index contributed by atoms with van der Waals surface area (Å²) in [6, 6.07) is 5.99. The quantitative estimate of drug-likeness (QED) is 0.433. The Labute approximate surface area is 202 Å². The molecule has 0 unspecified atom stereocenters. The van der Waals surface area contributed by atoms with Crippen LogP contribution in [0, 0.1) is 6.92 Å². The second-order valence-electron chi connectivity index (χ2n) is 8.86. The average Bonchev–Trinajstić information content (AvgIpc) is 3.46. The van der Waals surface area contributed by atoms with E-state index in [-0.39, 0.29) is 0 Å². The molecule has 5 rings (SSSR count). The molecule has 7 nitrogen and oxygen atoms in total. The number of nitrogens with one attached hydrogen (secondary N) is 1. The molecule has 0 saturated carbocycles. The fourth-order valence-electron chi connectivity index (χ4n) is 4.45. The van der Waals surface area contributed by atoms with Crippen molar-refractivity contribution in [3.05, 3.63) is 84.2 Å². The Hall–Kier alpha value is -3.85. The van der Waals surface area contributed by atoms with Crippen LogP contribution in [0.1, 0.15) is 28.1 Å². The third-order valence-corrected chi connectivity index (χ3v) is 6.45. The van der Waals surface area contributed by atoms with Gasteiger partial charge >= 0.3 is 0 Å². The van der Waals surface area contributed by atoms with Crippen molar-refractivity contribution in [1.29, 1.82) is 0 Å². The molecule has 0 bridgehead atoms. The Kier molecular flexibility index (Phi) is 5.94. The summed E-state index contributed by atoms with van der Waals surface area (Å²) in [5.74, 6) is 0. The fourth-order valence-corrected chi connectivity index (χ4v) is 4.45. The Morgan fingerprint density at radius 1 is 1.11 bits per heavy atom. The van der Waals surface area contributed by atoms with Gasteiger partial charge in [0.25, 0.3) is 6.43 Å². The Morgan fingerprint density at radius 2 is 1.94 bits per heavy atom. The molecule has 0 saturated heterocycles. The van der Waals surface area contributed by atoms with Gasteiger partial charge in [-0.15, -0.1) is 0 Å². The topological polar surface area (TPSA) is 63.3 Å². The number of halogens is 2. The molecule has 9 heteroatoms. The molecular formula is C26H27F2N7. The van der Waals surface area contributed by atoms with E-state index in [1.165, 1.54) is 5.69 Å². The zero-order valence-corrected chi connectivity index (χ0v) is 19.8. The van der Waals surface area contributed by atoms with E-state index in [2.05, 4.69) is 56.4 Å². The smallest absolute Gasteiger partial charge is 0.255 e. The Bertz CT molecular complexity index is 1430. The molecule has 1 aliphatic rings. The molecule has 0 aromatic carbocycles. The molecule has 35 heavy (non-hydrogen) atoms. The summed E-state index contributed by atoms with van der Waals surface area (Å²) in [6.45, 7) is 12.5. The molecule has 0 spiro atoms. The van der Waals surface area contributed by atoms with Gasteiger partial charge < -0.3 is 5.32 Å². The standard InChI is InChI=1S/C26H27F2N7/c1-16(19-5-6-34-24(10-19)22(12-31-34)18(3)30-14-26(27)28)21-9-20(11-29-17(21)2)23-13-32-35-8-7-33(4)15-25(23)35/h5-6,9-13,26,30H,1,3,7-8,14-15H2,2,4H3. The summed E-state index contributed by atoms with van der Waals surface area (Å²) in [5, 5.41) is 11.6. The van der Waals surface area contributed by atoms with Gasteiger partial charge in [0.15, 0.2) is 0 Å². The van der Waals surface area contributed by atoms with Crippen molar-refractivity contribution in [2.75, 3.05) is 20.1 Å². The molecule has 0 radical (unpaired) electrons. The number of aryl methyl sites for hydroxylation is 1. The van der Waals surface area contributed by atoms with Crippen LogP contribution in [0.15, 0.2) is 56.1 Å². The van der Waals surface area contributed by atoms with Gasteiger partial charge in [-0.05, 0) is 43.3 Å². The summed E-state index contributed by atoms with van der Waals surface area (Å²) < 4.78 is 29.0. The Morgan fingerprint density at radius 3 is 2.74 bits per heavy atom. The number of rotatable bonds is 7. The maximum absolute atomic E-state index is 12.6. The van der Waals surface area contributed by atoms with Crippen molar-refractivity contribution >= 4 is 16.8 Å². The minimum atomic E-state index is -2.46. The first-order chi connectivity index (χ1) is 16.8. The zero-order chi connectivity index (χ0) is 24.7. The summed E-state index contributed by atoms with van der Waals surface area (Å²) in [4.78, 5) is 6.95. The van der Waals surface area contributed by atoms with Gasteiger partial charge in [0.1, 0.15) is 0 Å². The first kappa shape index (κ1) is 22.9. The largest absolute Gasteiger partial charge is 0.379 e. The van der Waals surface area contributed by atoms with Crippen LogP contribution in [0.4, 0.5) is 8.78 Å². The van der Waals surface area contributed by atoms with Crippen LogP contribution < -0.4 is 5.32 Å². The first-order valence-electron chi connectivity index (χ1n) is 11.4. The number of pyridine rings is 2. The fraction of sp³-hybridized carbons (Fsp3) is 0.269. The van der Waals surface area contributed by atoms with Crippen molar-refractivity contribution in [3.8, 4) is 11.1 Å². The summed E-state index contributed by atoms with van der Waals surface area (Å²) in [7, 11) is 2.11. The molecule has 0 amide bonds. The number of likely N-dealkylation sites (N-methyl/N-ethyl adjacent to an activating group) is 1. The number of hydrogen-bond donors (Lipinski definition) is 1. The monoisotopic (exact) mass is 475 g/mol. The van der Waals surface area contributed by atoms with Crippen LogP contribution in [-0.4, -0.2) is 55.8 Å². The van der Waals surface area contributed by atoms with Gasteiger partial charge in [0, 0.05) is 59.1 Å². The second-order valence-corrected chi connectivity index (χ2v) is 8.86. The SMILES string of the molecule is C=C(c1ccn2ncc(C(=C)NCC(F)F)c2c1)c1cc(-c2cnn3c2CN(C)CC3)cnc1C. The van der Waals surface area contributed by atoms with Gasteiger partial charge in [-0.2, -0.15) is 10.2 Å². The summed E-state index contributed by atoms with van der Waals surface area (Å²) in [6.07, 6.45) is 4.78. The highest BCUT2D eigenvalue weighted by Crippen LogP contribution is 2.32. The number of hydrogen-bond acceptors (Lipinski definition) is 5. The third-order valence-electron chi connectivity index (χ3n) is 6.45. The maximum atomic E-state index is 12.6. The van der Waals surface area contributed by atoms with Crippen molar-refractivity contribution in [3.63, 3.8) is 0 Å². The normalized spacial score (nSPS) is 13.9. The van der Waals surface area contributed by atoms with Gasteiger partial charge in [0.2, 0.25) is 0 Å². The van der Waals surface area contributed by atoms with Gasteiger partial charge in [0.05, 0.1) is 36.7 Å². The third kappa shape index (κ3) is 4.35. The van der Waals surface area contributed by atoms with Crippen LogP contribution >= 0.6 is 0 Å². The zero-order valence-electron chi connectivity index (χ0n) is 19.8. The Balaban J connectivity index is 1.49. The van der Waals surface area contributed by atoms with E-state index in [1.54, 1.807) is 10.7 Å². The van der Waals surface area contributed by atoms with Crippen molar-refractivity contribution in [2.24, 2.45) is 0 Å². The number of aromatic nitrogens is 5. The predicted molar refractivity (Wildman–Crippen MR) is 133 cm³/mol. The van der Waals surface area contributed by atoms with E-state index in [4.69, 9.17) is 0 Å². The van der Waals surface area contributed by atoms with Gasteiger partial charge in [-0.3, -0.25) is 14.6 Å². The van der Waals surface area contributed by atoms with E-state index in [0.29, 0.717) is 11.3 Å². The molecule has 0 fully saturated rings. The van der Waals surface area contributed by atoms with Gasteiger partial charge in [-0.25, -0.2) is 13.3 Å². The van der Waals surface area contributed by atoms with Crippen LogP contribution in [0.3, 0.4) is 0 Å². The van der Waals surface area contributed by atoms with E-state index < -0.39 is 13.0 Å². The number of nitrogens with zero attached hydrogens (tertiary/aromatic N) is 6. The highest BCUT2D eigenvalue weighted by atomic mass is 19.3. The molecule has 0 aliphatic carbocycles. The minimum absolute atomic E-state index is 0.402. The molecule has 1 aliphatic heterocycles. The summed E-state index contributed by atoms with van der Waals surface area (Å²) >= 11 is 0. The molecule has 4 aromatic rings. The van der Waals surface area contributed by atoms with E-state index in [0.717, 1.165) is 58.7 Å². The van der Waals surface area contributed by atoms with Crippen molar-refractivity contribution in [1.82, 2.24) is 34.6 Å². The maximum Gasteiger partial charge on any atom is 0.255 e. The highest BCUT2D eigenvalue weighted by Gasteiger charge is 2.20. The molecule has 180 valence electrons. The van der Waals surface area contributed by atoms with Crippen LogP contribution in [0.5, 0.6) is 0 Å². The van der Waals surface area contributed by atoms with E-state index >= 15 is 0 Å². The number of alkyl halides is 2. The lowest BCUT2D eigenvalue weighted by Crippen LogP contribution is -2.30.